The van der Waals surface area contributed by atoms with Crippen molar-refractivity contribution in [1.82, 2.24) is 15.6 Å². The molecule has 0 spiro atoms. The van der Waals surface area contributed by atoms with E-state index in [9.17, 15) is 9.18 Å². The van der Waals surface area contributed by atoms with E-state index in [0.29, 0.717) is 37.3 Å². The molecule has 4 rings (SSSR count). The summed E-state index contributed by atoms with van der Waals surface area (Å²) in [5.74, 6) is 7.25. The maximum Gasteiger partial charge on any atom is 0.251 e. The van der Waals surface area contributed by atoms with Crippen LogP contribution in [0.2, 0.25) is 0 Å². The number of pyridine rings is 1. The van der Waals surface area contributed by atoms with Crippen molar-refractivity contribution in [2.45, 2.75) is 45.1 Å². The Balaban J connectivity index is 1.34. The monoisotopic (exact) mass is 449 g/mol. The molecule has 0 bridgehead atoms. The first-order valence-electron chi connectivity index (χ1n) is 11.9. The van der Waals surface area contributed by atoms with Gasteiger partial charge in [-0.1, -0.05) is 49.1 Å². The Hall–Kier alpha value is -2.91. The van der Waals surface area contributed by atoms with Crippen LogP contribution in [0.1, 0.15) is 48.5 Å². The van der Waals surface area contributed by atoms with E-state index in [2.05, 4.69) is 34.4 Å². The summed E-state index contributed by atoms with van der Waals surface area (Å²) in [6.45, 7) is 4.05. The Morgan fingerprint density at radius 1 is 1.27 bits per heavy atom. The normalized spacial score (nSPS) is 19.8. The number of hydrogen-bond donors (Lipinski definition) is 2. The van der Waals surface area contributed by atoms with Crippen molar-refractivity contribution in [1.29, 1.82) is 0 Å². The number of hydrogen-bond acceptors (Lipinski definition) is 4. The molecule has 1 unspecified atom stereocenters. The predicted octanol–water partition coefficient (Wildman–Crippen LogP) is 3.99. The third-order valence-electron chi connectivity index (χ3n) is 6.18. The third-order valence-corrected chi connectivity index (χ3v) is 6.18. The van der Waals surface area contributed by atoms with Gasteiger partial charge in [0, 0.05) is 29.7 Å². The molecule has 1 aromatic carbocycles. The van der Waals surface area contributed by atoms with Gasteiger partial charge in [-0.15, -0.1) is 0 Å². The molecule has 3 atom stereocenters. The fourth-order valence-corrected chi connectivity index (χ4v) is 3.74. The molecule has 2 aromatic rings. The number of rotatable bonds is 11. The highest BCUT2D eigenvalue weighted by Gasteiger charge is 2.33. The number of carbonyl (C=O) groups is 1. The highest BCUT2D eigenvalue weighted by molar-refractivity contribution is 5.94. The van der Waals surface area contributed by atoms with Gasteiger partial charge in [-0.05, 0) is 56.0 Å². The van der Waals surface area contributed by atoms with E-state index in [1.54, 1.807) is 0 Å². The lowest BCUT2D eigenvalue weighted by Crippen LogP contribution is -2.38. The van der Waals surface area contributed by atoms with E-state index in [0.717, 1.165) is 31.0 Å². The Bertz CT molecular complexity index is 997. The molecule has 2 fully saturated rings. The fourth-order valence-electron chi connectivity index (χ4n) is 3.74. The summed E-state index contributed by atoms with van der Waals surface area (Å²) in [6, 6.07) is 12.6. The molecule has 2 saturated carbocycles. The van der Waals surface area contributed by atoms with Gasteiger partial charge < -0.3 is 15.4 Å². The zero-order valence-corrected chi connectivity index (χ0v) is 19.1. The van der Waals surface area contributed by atoms with Gasteiger partial charge in [0.25, 0.3) is 5.91 Å². The van der Waals surface area contributed by atoms with Gasteiger partial charge in [0.05, 0.1) is 13.2 Å². The summed E-state index contributed by atoms with van der Waals surface area (Å²) in [6.07, 6.45) is 4.99. The third kappa shape index (κ3) is 7.87. The van der Waals surface area contributed by atoms with E-state index < -0.39 is 5.95 Å². The molecule has 174 valence electrons. The molecule has 33 heavy (non-hydrogen) atoms. The molecule has 2 aliphatic carbocycles. The van der Waals surface area contributed by atoms with Crippen molar-refractivity contribution >= 4 is 5.91 Å². The molecular weight excluding hydrogens is 417 g/mol. The lowest BCUT2D eigenvalue weighted by Gasteiger charge is -2.19. The van der Waals surface area contributed by atoms with Gasteiger partial charge >= 0.3 is 0 Å². The summed E-state index contributed by atoms with van der Waals surface area (Å²) in [5, 5.41) is 6.41. The van der Waals surface area contributed by atoms with Crippen molar-refractivity contribution in [3.05, 3.63) is 59.5 Å². The minimum Gasteiger partial charge on any atom is -0.477 e. The Labute approximate surface area is 195 Å². The first-order valence-corrected chi connectivity index (χ1v) is 11.9. The number of ether oxygens (including phenoxy) is 1. The molecule has 1 aromatic heterocycles. The SMILES string of the molecule is C[C@H]1CC1COc1cc(C(=O)N[C@H](CCNCC#CC2CC2)Cc2ccccc2)cc(F)n1. The standard InChI is InChI=1S/C27H32FN3O2/c1-19-14-23(19)18-33-26-17-22(16-25(28)31-26)27(32)30-24(15-21-6-3-2-4-7-21)11-13-29-12-5-8-20-9-10-20/h2-4,6-7,16-17,19-20,23-24,29H,9-15,18H2,1H3,(H,30,32)/t19-,23?,24+/m0/s1. The van der Waals surface area contributed by atoms with E-state index >= 15 is 0 Å². The summed E-state index contributed by atoms with van der Waals surface area (Å²) in [7, 11) is 0. The van der Waals surface area contributed by atoms with Gasteiger partial charge in [0.15, 0.2) is 0 Å². The van der Waals surface area contributed by atoms with Crippen LogP contribution in [0.3, 0.4) is 0 Å². The zero-order chi connectivity index (χ0) is 23.0. The lowest BCUT2D eigenvalue weighted by atomic mass is 10.0. The largest absolute Gasteiger partial charge is 0.477 e. The topological polar surface area (TPSA) is 63.2 Å². The van der Waals surface area contributed by atoms with Gasteiger partial charge in [-0.25, -0.2) is 0 Å². The highest BCUT2D eigenvalue weighted by atomic mass is 19.1. The van der Waals surface area contributed by atoms with Crippen molar-refractivity contribution in [3.8, 4) is 17.7 Å². The molecule has 0 saturated heterocycles. The maximum atomic E-state index is 14.1. The second-order valence-electron chi connectivity index (χ2n) is 9.22. The van der Waals surface area contributed by atoms with Crippen LogP contribution in [0.4, 0.5) is 4.39 Å². The summed E-state index contributed by atoms with van der Waals surface area (Å²) in [4.78, 5) is 16.8. The number of halogens is 1. The number of benzene rings is 1. The quantitative estimate of drug-likeness (QED) is 0.309. The molecule has 5 nitrogen and oxygen atoms in total. The first kappa shape index (κ1) is 23.3. The molecule has 1 amide bonds. The minimum atomic E-state index is -0.711. The molecule has 2 aliphatic rings. The van der Waals surface area contributed by atoms with E-state index in [1.807, 2.05) is 30.3 Å². The van der Waals surface area contributed by atoms with Crippen LogP contribution in [-0.2, 0) is 6.42 Å². The zero-order valence-electron chi connectivity index (χ0n) is 19.1. The van der Waals surface area contributed by atoms with Crippen LogP contribution >= 0.6 is 0 Å². The molecule has 6 heteroatoms. The number of amides is 1. The molecule has 0 radical (unpaired) electrons. The Morgan fingerprint density at radius 2 is 2.06 bits per heavy atom. The van der Waals surface area contributed by atoms with Crippen LogP contribution in [0, 0.1) is 35.5 Å². The Morgan fingerprint density at radius 3 is 2.79 bits per heavy atom. The predicted molar refractivity (Wildman–Crippen MR) is 126 cm³/mol. The number of carbonyl (C=O) groups excluding carboxylic acids is 1. The fraction of sp³-hybridized carbons (Fsp3) is 0.481. The number of aromatic nitrogens is 1. The van der Waals surface area contributed by atoms with Gasteiger partial charge in [-0.3, -0.25) is 4.79 Å². The van der Waals surface area contributed by atoms with Crippen molar-refractivity contribution in [2.75, 3.05) is 19.7 Å². The number of nitrogens with one attached hydrogen (secondary N) is 2. The van der Waals surface area contributed by atoms with Crippen LogP contribution in [0.25, 0.3) is 0 Å². The molecule has 1 heterocycles. The first-order chi connectivity index (χ1) is 16.1. The minimum absolute atomic E-state index is 0.100. The van der Waals surface area contributed by atoms with Crippen LogP contribution < -0.4 is 15.4 Å². The van der Waals surface area contributed by atoms with E-state index in [-0.39, 0.29) is 23.4 Å². The number of nitrogens with zero attached hydrogens (tertiary/aromatic N) is 1. The summed E-state index contributed by atoms with van der Waals surface area (Å²) in [5.41, 5.74) is 1.36. The second kappa shape index (κ2) is 11.3. The van der Waals surface area contributed by atoms with Gasteiger partial charge in [-0.2, -0.15) is 9.37 Å². The Kier molecular flexibility index (Phi) is 7.96. The van der Waals surface area contributed by atoms with Gasteiger partial charge in [0.2, 0.25) is 11.8 Å². The van der Waals surface area contributed by atoms with E-state index in [1.165, 1.54) is 18.9 Å². The highest BCUT2D eigenvalue weighted by Crippen LogP contribution is 2.37. The molecule has 0 aliphatic heterocycles. The van der Waals surface area contributed by atoms with Crippen molar-refractivity contribution in [2.24, 2.45) is 17.8 Å². The molecular formula is C27H32FN3O2. The molecule has 2 N–H and O–H groups in total. The van der Waals surface area contributed by atoms with Gasteiger partial charge in [0.1, 0.15) is 0 Å². The lowest BCUT2D eigenvalue weighted by molar-refractivity contribution is 0.0933. The average Bonchev–Trinajstić information content (AvgIpc) is 3.73. The van der Waals surface area contributed by atoms with E-state index in [4.69, 9.17) is 4.74 Å². The van der Waals surface area contributed by atoms with Crippen molar-refractivity contribution in [3.63, 3.8) is 0 Å². The van der Waals surface area contributed by atoms with Crippen LogP contribution in [0.5, 0.6) is 5.88 Å². The smallest absolute Gasteiger partial charge is 0.251 e. The average molecular weight is 450 g/mol. The van der Waals surface area contributed by atoms with Crippen LogP contribution in [-0.4, -0.2) is 36.6 Å². The second-order valence-corrected chi connectivity index (χ2v) is 9.22. The summed E-state index contributed by atoms with van der Waals surface area (Å²) >= 11 is 0. The van der Waals surface area contributed by atoms with Crippen molar-refractivity contribution < 1.29 is 13.9 Å². The maximum absolute atomic E-state index is 14.1. The summed E-state index contributed by atoms with van der Waals surface area (Å²) < 4.78 is 19.7. The van der Waals surface area contributed by atoms with Crippen LogP contribution in [0.15, 0.2) is 42.5 Å².